The van der Waals surface area contributed by atoms with E-state index in [2.05, 4.69) is 48.6 Å². The zero-order valence-corrected chi connectivity index (χ0v) is 18.5. The molecular weight excluding hydrogens is 398 g/mol. The minimum absolute atomic E-state index is 0.0475. The molecule has 164 valence electrons. The van der Waals surface area contributed by atoms with Crippen LogP contribution in [0.1, 0.15) is 65.1 Å². The van der Waals surface area contributed by atoms with Crippen LogP contribution in [-0.2, 0) is 6.54 Å². The Labute approximate surface area is 189 Å². The number of ether oxygens (including phenoxy) is 2. The van der Waals surface area contributed by atoms with Crippen molar-refractivity contribution >= 4 is 5.91 Å². The van der Waals surface area contributed by atoms with E-state index >= 15 is 0 Å². The lowest BCUT2D eigenvalue weighted by Gasteiger charge is -2.23. The predicted molar refractivity (Wildman–Crippen MR) is 126 cm³/mol. The van der Waals surface area contributed by atoms with Crippen molar-refractivity contribution in [2.75, 3.05) is 6.79 Å². The summed E-state index contributed by atoms with van der Waals surface area (Å²) in [5.41, 5.74) is 6.50. The van der Waals surface area contributed by atoms with Crippen LogP contribution >= 0.6 is 0 Å². The second-order valence-electron chi connectivity index (χ2n) is 8.91. The molecule has 1 heterocycles. The Morgan fingerprint density at radius 1 is 0.875 bits per heavy atom. The summed E-state index contributed by atoms with van der Waals surface area (Å²) < 4.78 is 10.8. The van der Waals surface area contributed by atoms with Crippen molar-refractivity contribution in [2.45, 2.75) is 51.5 Å². The predicted octanol–water partition coefficient (Wildman–Crippen LogP) is 6.37. The highest BCUT2D eigenvalue weighted by Crippen LogP contribution is 2.36. The fourth-order valence-electron chi connectivity index (χ4n) is 4.70. The first-order valence-corrected chi connectivity index (χ1v) is 11.5. The minimum atomic E-state index is -0.0475. The van der Waals surface area contributed by atoms with Crippen LogP contribution in [0.25, 0.3) is 11.1 Å². The van der Waals surface area contributed by atoms with Crippen LogP contribution in [0.3, 0.4) is 0 Å². The van der Waals surface area contributed by atoms with Gasteiger partial charge in [0, 0.05) is 12.1 Å². The highest BCUT2D eigenvalue weighted by atomic mass is 16.7. The molecule has 0 saturated heterocycles. The third kappa shape index (κ3) is 4.50. The van der Waals surface area contributed by atoms with E-state index in [1.54, 1.807) is 0 Å². The van der Waals surface area contributed by atoms with Gasteiger partial charge in [0.15, 0.2) is 11.5 Å². The molecule has 3 aromatic rings. The number of benzene rings is 3. The Kier molecular flexibility index (Phi) is 5.85. The van der Waals surface area contributed by atoms with Crippen LogP contribution in [0, 0.1) is 6.92 Å². The van der Waals surface area contributed by atoms with Gasteiger partial charge in [0.2, 0.25) is 6.79 Å². The van der Waals surface area contributed by atoms with Gasteiger partial charge in [-0.3, -0.25) is 4.79 Å². The van der Waals surface area contributed by atoms with E-state index in [0.717, 1.165) is 33.8 Å². The van der Waals surface area contributed by atoms with Crippen LogP contribution in [-0.4, -0.2) is 12.7 Å². The fraction of sp³-hybridized carbons (Fsp3) is 0.321. The Hall–Kier alpha value is -3.27. The number of carbonyl (C=O) groups excluding carboxylic acids is 1. The second kappa shape index (κ2) is 9.07. The summed E-state index contributed by atoms with van der Waals surface area (Å²) in [6, 6.07) is 20.7. The van der Waals surface area contributed by atoms with Gasteiger partial charge in [-0.1, -0.05) is 61.2 Å². The van der Waals surface area contributed by atoms with Crippen molar-refractivity contribution in [3.63, 3.8) is 0 Å². The van der Waals surface area contributed by atoms with Crippen LogP contribution in [0.2, 0.25) is 0 Å². The number of carbonyl (C=O) groups is 1. The highest BCUT2D eigenvalue weighted by molar-refractivity contribution is 5.95. The van der Waals surface area contributed by atoms with Crippen molar-refractivity contribution in [1.82, 2.24) is 5.32 Å². The summed E-state index contributed by atoms with van der Waals surface area (Å²) in [6.45, 7) is 2.79. The Balaban J connectivity index is 1.40. The molecule has 32 heavy (non-hydrogen) atoms. The van der Waals surface area contributed by atoms with Crippen molar-refractivity contribution < 1.29 is 14.3 Å². The molecule has 0 atom stereocenters. The second-order valence-corrected chi connectivity index (χ2v) is 8.91. The van der Waals surface area contributed by atoms with Crippen molar-refractivity contribution in [2.24, 2.45) is 0 Å². The monoisotopic (exact) mass is 427 g/mol. The molecule has 5 rings (SSSR count). The first-order valence-electron chi connectivity index (χ1n) is 11.5. The van der Waals surface area contributed by atoms with E-state index in [-0.39, 0.29) is 12.7 Å². The normalized spacial score (nSPS) is 15.5. The van der Waals surface area contributed by atoms with Gasteiger partial charge in [-0.25, -0.2) is 0 Å². The van der Waals surface area contributed by atoms with E-state index in [1.165, 1.54) is 43.2 Å². The summed E-state index contributed by atoms with van der Waals surface area (Å²) in [5.74, 6) is 1.98. The SMILES string of the molecule is Cc1ccc(-c2cc(C(=O)NCc3ccc4c(c3)OCO4)cc(C3CCCCC3)c2)cc1. The number of rotatable bonds is 5. The molecule has 0 radical (unpaired) electrons. The average molecular weight is 428 g/mol. The van der Waals surface area contributed by atoms with Crippen LogP contribution in [0.15, 0.2) is 60.7 Å². The zero-order chi connectivity index (χ0) is 21.9. The molecule has 1 saturated carbocycles. The first-order chi connectivity index (χ1) is 15.7. The summed E-state index contributed by atoms with van der Waals surface area (Å²) >= 11 is 0. The summed E-state index contributed by atoms with van der Waals surface area (Å²) in [6.07, 6.45) is 6.26. The van der Waals surface area contributed by atoms with Crippen LogP contribution < -0.4 is 14.8 Å². The molecule has 1 amide bonds. The molecule has 3 aromatic carbocycles. The van der Waals surface area contributed by atoms with Crippen molar-refractivity contribution in [3.05, 3.63) is 82.9 Å². The molecule has 0 unspecified atom stereocenters. The van der Waals surface area contributed by atoms with E-state index in [4.69, 9.17) is 9.47 Å². The number of hydrogen-bond acceptors (Lipinski definition) is 3. The van der Waals surface area contributed by atoms with Gasteiger partial charge in [0.05, 0.1) is 0 Å². The zero-order valence-electron chi connectivity index (χ0n) is 18.5. The molecule has 0 aromatic heterocycles. The molecular formula is C28H29NO3. The van der Waals surface area contributed by atoms with Gasteiger partial charge in [0.25, 0.3) is 5.91 Å². The van der Waals surface area contributed by atoms with Gasteiger partial charge >= 0.3 is 0 Å². The van der Waals surface area contributed by atoms with Crippen LogP contribution in [0.5, 0.6) is 11.5 Å². The maximum atomic E-state index is 13.2. The number of aryl methyl sites for hydroxylation is 1. The fourth-order valence-corrected chi connectivity index (χ4v) is 4.70. The Morgan fingerprint density at radius 2 is 1.66 bits per heavy atom. The summed E-state index contributed by atoms with van der Waals surface area (Å²) in [4.78, 5) is 13.2. The standard InChI is InChI=1S/C28H29NO3/c1-19-7-10-22(11-8-19)24-14-23(21-5-3-2-4-6-21)15-25(16-24)28(30)29-17-20-9-12-26-27(13-20)32-18-31-26/h7-16,21H,2-6,17-18H2,1H3,(H,29,30). The molecule has 4 heteroatoms. The lowest BCUT2D eigenvalue weighted by atomic mass is 9.82. The summed E-state index contributed by atoms with van der Waals surface area (Å²) in [5, 5.41) is 3.09. The molecule has 4 nitrogen and oxygen atoms in total. The Bertz CT molecular complexity index is 1110. The number of amides is 1. The molecule has 2 aliphatic rings. The maximum Gasteiger partial charge on any atom is 0.251 e. The molecule has 1 N–H and O–H groups in total. The third-order valence-corrected chi connectivity index (χ3v) is 6.57. The van der Waals surface area contributed by atoms with Gasteiger partial charge in [0.1, 0.15) is 0 Å². The van der Waals surface area contributed by atoms with Crippen molar-refractivity contribution in [1.29, 1.82) is 0 Å². The molecule has 1 aliphatic carbocycles. The molecule has 1 fully saturated rings. The molecule has 0 spiro atoms. The minimum Gasteiger partial charge on any atom is -0.454 e. The van der Waals surface area contributed by atoms with Crippen molar-refractivity contribution in [3.8, 4) is 22.6 Å². The third-order valence-electron chi connectivity index (χ3n) is 6.57. The van der Waals surface area contributed by atoms with E-state index in [9.17, 15) is 4.79 Å². The number of nitrogens with one attached hydrogen (secondary N) is 1. The largest absolute Gasteiger partial charge is 0.454 e. The smallest absolute Gasteiger partial charge is 0.251 e. The van der Waals surface area contributed by atoms with Gasteiger partial charge in [-0.2, -0.15) is 0 Å². The lowest BCUT2D eigenvalue weighted by Crippen LogP contribution is -2.23. The van der Waals surface area contributed by atoms with E-state index in [1.807, 2.05) is 24.3 Å². The topological polar surface area (TPSA) is 47.6 Å². The lowest BCUT2D eigenvalue weighted by molar-refractivity contribution is 0.0950. The average Bonchev–Trinajstić information content (AvgIpc) is 3.31. The van der Waals surface area contributed by atoms with Gasteiger partial charge in [-0.15, -0.1) is 0 Å². The van der Waals surface area contributed by atoms with Crippen LogP contribution in [0.4, 0.5) is 0 Å². The molecule has 0 bridgehead atoms. The van der Waals surface area contributed by atoms with Gasteiger partial charge in [-0.05, 0) is 72.2 Å². The quantitative estimate of drug-likeness (QED) is 0.515. The number of fused-ring (bicyclic) bond motifs is 1. The van der Waals surface area contributed by atoms with Gasteiger partial charge < -0.3 is 14.8 Å². The first kappa shape index (κ1) is 20.6. The Morgan fingerprint density at radius 3 is 2.47 bits per heavy atom. The number of hydrogen-bond donors (Lipinski definition) is 1. The van der Waals surface area contributed by atoms with E-state index < -0.39 is 0 Å². The highest BCUT2D eigenvalue weighted by Gasteiger charge is 2.19. The molecule has 1 aliphatic heterocycles. The van der Waals surface area contributed by atoms with E-state index in [0.29, 0.717) is 12.5 Å². The maximum absolute atomic E-state index is 13.2. The summed E-state index contributed by atoms with van der Waals surface area (Å²) in [7, 11) is 0.